The predicted molar refractivity (Wildman–Crippen MR) is 95.6 cm³/mol. The van der Waals surface area contributed by atoms with Crippen molar-refractivity contribution in [2.45, 2.75) is 54.1 Å². The van der Waals surface area contributed by atoms with Crippen molar-refractivity contribution in [3.8, 4) is 5.75 Å². The second-order valence-corrected chi connectivity index (χ2v) is 9.92. The normalized spacial score (nSPS) is 24.0. The van der Waals surface area contributed by atoms with E-state index in [1.54, 1.807) is 0 Å². The van der Waals surface area contributed by atoms with Crippen LogP contribution < -0.4 is 15.8 Å². The molecule has 3 N–H and O–H groups in total. The van der Waals surface area contributed by atoms with E-state index in [9.17, 15) is 26.4 Å². The Morgan fingerprint density at radius 2 is 2.00 bits per heavy atom. The summed E-state index contributed by atoms with van der Waals surface area (Å²) < 4.78 is 67.0. The maximum atomic E-state index is 12.9. The molecule has 2 aliphatic carbocycles. The lowest BCUT2D eigenvalue weighted by Gasteiger charge is -2.17. The van der Waals surface area contributed by atoms with Gasteiger partial charge in [-0.3, -0.25) is 4.79 Å². The Hall–Kier alpha value is -1.52. The van der Waals surface area contributed by atoms with Crippen LogP contribution >= 0.6 is 11.6 Å². The van der Waals surface area contributed by atoms with E-state index in [2.05, 4.69) is 10.1 Å². The van der Waals surface area contributed by atoms with E-state index >= 15 is 0 Å². The van der Waals surface area contributed by atoms with Crippen LogP contribution in [0.5, 0.6) is 5.75 Å². The average molecular weight is 441 g/mol. The van der Waals surface area contributed by atoms with Crippen molar-refractivity contribution in [2.24, 2.45) is 11.7 Å². The molecule has 11 heteroatoms. The van der Waals surface area contributed by atoms with Crippen LogP contribution in [0.4, 0.5) is 13.2 Å². The van der Waals surface area contributed by atoms with E-state index < -0.39 is 39.5 Å². The van der Waals surface area contributed by atoms with Crippen molar-refractivity contribution in [3.05, 3.63) is 23.2 Å². The Balaban J connectivity index is 1.68. The number of sulfone groups is 1. The zero-order valence-electron chi connectivity index (χ0n) is 14.8. The summed E-state index contributed by atoms with van der Waals surface area (Å²) in [5.74, 6) is -0.878. The zero-order valence-corrected chi connectivity index (χ0v) is 16.3. The van der Waals surface area contributed by atoms with E-state index in [0.29, 0.717) is 25.7 Å². The summed E-state index contributed by atoms with van der Waals surface area (Å²) in [5, 5.41) is 1.73. The van der Waals surface area contributed by atoms with Gasteiger partial charge >= 0.3 is 6.18 Å². The fourth-order valence-corrected chi connectivity index (χ4v) is 5.59. The summed E-state index contributed by atoms with van der Waals surface area (Å²) in [6.45, 7) is -1.50. The SMILES string of the molecule is NC1(NC(=O)[C@H]2CC[C@@H](S(=O)(=O)c3ccc(OCC(F)(F)F)cc3Cl)C2)CC1. The maximum absolute atomic E-state index is 12.9. The number of amides is 1. The summed E-state index contributed by atoms with van der Waals surface area (Å²) in [7, 11) is -3.84. The fourth-order valence-electron chi connectivity index (χ4n) is 3.21. The van der Waals surface area contributed by atoms with Crippen LogP contribution in [0.1, 0.15) is 32.1 Å². The number of hydrogen-bond donors (Lipinski definition) is 2. The van der Waals surface area contributed by atoms with Crippen LogP contribution in [0.25, 0.3) is 0 Å². The first-order valence-electron chi connectivity index (χ1n) is 8.74. The minimum absolute atomic E-state index is 0.146. The first-order chi connectivity index (χ1) is 12.9. The first kappa shape index (κ1) is 21.2. The number of benzene rings is 1. The molecule has 156 valence electrons. The summed E-state index contributed by atoms with van der Waals surface area (Å²) in [6, 6.07) is 3.31. The Bertz CT molecular complexity index is 872. The lowest BCUT2D eigenvalue weighted by atomic mass is 10.1. The monoisotopic (exact) mass is 440 g/mol. The number of ether oxygens (including phenoxy) is 1. The third-order valence-corrected chi connectivity index (χ3v) is 7.67. The molecule has 0 unspecified atom stereocenters. The van der Waals surface area contributed by atoms with E-state index in [0.717, 1.165) is 18.2 Å². The second kappa shape index (κ2) is 7.38. The van der Waals surface area contributed by atoms with Crippen LogP contribution in [0.3, 0.4) is 0 Å². The standard InChI is InChI=1S/C17H20ClF3N2O4S/c18-13-8-11(27-9-17(19,20)21)2-4-14(13)28(25,26)12-3-1-10(7-12)15(24)23-16(22)5-6-16/h2,4,8,10,12H,1,3,5-7,9,22H2,(H,23,24)/t10-,12+/m0/s1. The molecule has 2 saturated carbocycles. The Morgan fingerprint density at radius 3 is 2.57 bits per heavy atom. The average Bonchev–Trinajstić information content (AvgIpc) is 3.10. The van der Waals surface area contributed by atoms with Crippen molar-refractivity contribution in [3.63, 3.8) is 0 Å². The van der Waals surface area contributed by atoms with Crippen molar-refractivity contribution in [1.29, 1.82) is 0 Å². The molecule has 0 aliphatic heterocycles. The number of rotatable bonds is 6. The third kappa shape index (κ3) is 4.90. The number of alkyl halides is 3. The number of nitrogens with one attached hydrogen (secondary N) is 1. The predicted octanol–water partition coefficient (Wildman–Crippen LogP) is 2.79. The Kier molecular flexibility index (Phi) is 5.59. The van der Waals surface area contributed by atoms with Gasteiger partial charge in [0.25, 0.3) is 0 Å². The molecule has 0 bridgehead atoms. The van der Waals surface area contributed by atoms with Gasteiger partial charge in [0.15, 0.2) is 16.4 Å². The molecule has 0 radical (unpaired) electrons. The lowest BCUT2D eigenvalue weighted by Crippen LogP contribution is -2.46. The molecule has 2 atom stereocenters. The van der Waals surface area contributed by atoms with Gasteiger partial charge in [-0.05, 0) is 44.2 Å². The molecule has 2 aliphatic rings. The van der Waals surface area contributed by atoms with Crippen molar-refractivity contribution in [2.75, 3.05) is 6.61 Å². The summed E-state index contributed by atoms with van der Waals surface area (Å²) in [6.07, 6.45) is -2.26. The van der Waals surface area contributed by atoms with Crippen molar-refractivity contribution in [1.82, 2.24) is 5.32 Å². The van der Waals surface area contributed by atoms with Crippen molar-refractivity contribution < 1.29 is 31.1 Å². The quantitative estimate of drug-likeness (QED) is 0.663. The molecular weight excluding hydrogens is 421 g/mol. The van der Waals surface area contributed by atoms with Crippen LogP contribution in [0.2, 0.25) is 5.02 Å². The minimum atomic E-state index is -4.51. The van der Waals surface area contributed by atoms with Crippen LogP contribution in [0.15, 0.2) is 23.1 Å². The zero-order chi connectivity index (χ0) is 20.7. The maximum Gasteiger partial charge on any atom is 0.422 e. The Labute approximate surface area is 165 Å². The first-order valence-corrected chi connectivity index (χ1v) is 10.7. The molecule has 3 rings (SSSR count). The molecule has 2 fully saturated rings. The topological polar surface area (TPSA) is 98.5 Å². The number of halogens is 4. The minimum Gasteiger partial charge on any atom is -0.484 e. The summed E-state index contributed by atoms with van der Waals surface area (Å²) in [4.78, 5) is 12.1. The molecule has 1 aromatic rings. The fraction of sp³-hybridized carbons (Fsp3) is 0.588. The van der Waals surface area contributed by atoms with Crippen LogP contribution in [0, 0.1) is 5.92 Å². The summed E-state index contributed by atoms with van der Waals surface area (Å²) in [5.41, 5.74) is 5.20. The van der Waals surface area contributed by atoms with Crippen LogP contribution in [-0.2, 0) is 14.6 Å². The summed E-state index contributed by atoms with van der Waals surface area (Å²) >= 11 is 6.00. The highest BCUT2D eigenvalue weighted by Crippen LogP contribution is 2.38. The smallest absolute Gasteiger partial charge is 0.422 e. The van der Waals surface area contributed by atoms with E-state index in [1.807, 2.05) is 0 Å². The van der Waals surface area contributed by atoms with Gasteiger partial charge in [0, 0.05) is 12.0 Å². The van der Waals surface area contributed by atoms with Gasteiger partial charge in [-0.1, -0.05) is 11.6 Å². The van der Waals surface area contributed by atoms with Gasteiger partial charge < -0.3 is 15.8 Å². The van der Waals surface area contributed by atoms with Gasteiger partial charge in [-0.25, -0.2) is 8.42 Å². The molecule has 0 saturated heterocycles. The van der Waals surface area contributed by atoms with E-state index in [1.165, 1.54) is 0 Å². The molecule has 6 nitrogen and oxygen atoms in total. The van der Waals surface area contributed by atoms with Crippen LogP contribution in [-0.4, -0.2) is 38.0 Å². The number of hydrogen-bond acceptors (Lipinski definition) is 5. The van der Waals surface area contributed by atoms with Gasteiger partial charge in [0.2, 0.25) is 5.91 Å². The molecule has 0 spiro atoms. The second-order valence-electron chi connectivity index (χ2n) is 7.32. The van der Waals surface area contributed by atoms with Gasteiger partial charge in [0.05, 0.1) is 20.8 Å². The molecule has 1 amide bonds. The largest absolute Gasteiger partial charge is 0.484 e. The lowest BCUT2D eigenvalue weighted by molar-refractivity contribution is -0.153. The number of carbonyl (C=O) groups excluding carboxylic acids is 1. The molecule has 1 aromatic carbocycles. The van der Waals surface area contributed by atoms with E-state index in [-0.39, 0.29) is 28.0 Å². The molecule has 28 heavy (non-hydrogen) atoms. The highest BCUT2D eigenvalue weighted by atomic mass is 35.5. The van der Waals surface area contributed by atoms with Gasteiger partial charge in [0.1, 0.15) is 5.75 Å². The highest BCUT2D eigenvalue weighted by Gasteiger charge is 2.44. The van der Waals surface area contributed by atoms with Gasteiger partial charge in [-0.2, -0.15) is 13.2 Å². The highest BCUT2D eigenvalue weighted by molar-refractivity contribution is 7.92. The molecule has 0 aromatic heterocycles. The number of nitrogens with two attached hydrogens (primary N) is 1. The third-order valence-electron chi connectivity index (χ3n) is 4.97. The van der Waals surface area contributed by atoms with Gasteiger partial charge in [-0.15, -0.1) is 0 Å². The van der Waals surface area contributed by atoms with Crippen molar-refractivity contribution >= 4 is 27.3 Å². The van der Waals surface area contributed by atoms with E-state index in [4.69, 9.17) is 17.3 Å². The molecule has 0 heterocycles. The Morgan fingerprint density at radius 1 is 1.32 bits per heavy atom. The number of carbonyl (C=O) groups is 1. The molecular formula is C17H20ClF3N2O4S.